The minimum atomic E-state index is -0.165. The molecule has 1 heteroatoms. The summed E-state index contributed by atoms with van der Waals surface area (Å²) in [6, 6.07) is 78.7. The molecule has 0 unspecified atom stereocenters. The van der Waals surface area contributed by atoms with Gasteiger partial charge in [0.15, 0.2) is 0 Å². The van der Waals surface area contributed by atoms with Crippen molar-refractivity contribution in [3.05, 3.63) is 235 Å². The summed E-state index contributed by atoms with van der Waals surface area (Å²) in [4.78, 5) is 2.58. The molecule has 0 radical (unpaired) electrons. The van der Waals surface area contributed by atoms with E-state index in [0.29, 0.717) is 0 Å². The molecule has 0 amide bonds. The Morgan fingerprint density at radius 2 is 0.705 bits per heavy atom. The Morgan fingerprint density at radius 1 is 0.262 bits per heavy atom. The van der Waals surface area contributed by atoms with Gasteiger partial charge in [-0.1, -0.05) is 216 Å². The molecule has 61 heavy (non-hydrogen) atoms. The smallest absolute Gasteiger partial charge is 0.0547 e. The van der Waals surface area contributed by atoms with Gasteiger partial charge in [-0.3, -0.25) is 0 Å². The maximum atomic E-state index is 2.58. The Balaban J connectivity index is 1.24. The minimum Gasteiger partial charge on any atom is -0.309 e. The Kier molecular flexibility index (Phi) is 8.58. The third-order valence-electron chi connectivity index (χ3n) is 13.5. The lowest BCUT2D eigenvalue weighted by molar-refractivity contribution is 0.660. The Bertz CT molecular complexity index is 3130. The van der Waals surface area contributed by atoms with Gasteiger partial charge in [0.1, 0.15) is 0 Å². The molecule has 2 aliphatic rings. The predicted molar refractivity (Wildman–Crippen MR) is 258 cm³/mol. The molecule has 292 valence electrons. The first-order chi connectivity index (χ1) is 29.8. The number of hydrogen-bond acceptors (Lipinski definition) is 1. The van der Waals surface area contributed by atoms with Crippen molar-refractivity contribution in [2.24, 2.45) is 0 Å². The van der Waals surface area contributed by atoms with Crippen LogP contribution in [0.25, 0.3) is 66.8 Å². The molecule has 0 spiro atoms. The molecular formula is C60H47N. The first kappa shape index (κ1) is 36.8. The average Bonchev–Trinajstić information content (AvgIpc) is 3.69. The van der Waals surface area contributed by atoms with Crippen LogP contribution in [0.5, 0.6) is 0 Å². The maximum Gasteiger partial charge on any atom is 0.0547 e. The zero-order chi connectivity index (χ0) is 41.3. The second-order valence-corrected chi connectivity index (χ2v) is 17.6. The van der Waals surface area contributed by atoms with Gasteiger partial charge in [0.05, 0.1) is 17.1 Å². The van der Waals surface area contributed by atoms with E-state index in [2.05, 4.69) is 245 Å². The lowest BCUT2D eigenvalue weighted by Gasteiger charge is -2.33. The van der Waals surface area contributed by atoms with Crippen molar-refractivity contribution in [2.45, 2.75) is 38.5 Å². The van der Waals surface area contributed by atoms with Gasteiger partial charge >= 0.3 is 0 Å². The van der Waals surface area contributed by atoms with E-state index < -0.39 is 0 Å². The number of para-hydroxylation sites is 1. The number of anilines is 3. The summed E-state index contributed by atoms with van der Waals surface area (Å²) in [6.07, 6.45) is 0. The van der Waals surface area contributed by atoms with E-state index in [4.69, 9.17) is 0 Å². The summed E-state index contributed by atoms with van der Waals surface area (Å²) in [5, 5.41) is 0. The Labute approximate surface area is 360 Å². The highest BCUT2D eigenvalue weighted by molar-refractivity contribution is 6.05. The van der Waals surface area contributed by atoms with Crippen molar-refractivity contribution in [3.8, 4) is 66.8 Å². The predicted octanol–water partition coefficient (Wildman–Crippen LogP) is 16.4. The second-order valence-electron chi connectivity index (χ2n) is 17.6. The van der Waals surface area contributed by atoms with Gasteiger partial charge in [0, 0.05) is 27.5 Å². The molecule has 0 N–H and O–H groups in total. The van der Waals surface area contributed by atoms with E-state index >= 15 is 0 Å². The van der Waals surface area contributed by atoms with Crippen molar-refractivity contribution >= 4 is 17.1 Å². The van der Waals surface area contributed by atoms with Crippen LogP contribution in [0.3, 0.4) is 0 Å². The lowest BCUT2D eigenvalue weighted by atomic mass is 9.82. The zero-order valence-corrected chi connectivity index (χ0v) is 35.2. The van der Waals surface area contributed by atoms with Crippen LogP contribution >= 0.6 is 0 Å². The molecule has 1 nitrogen and oxygen atoms in total. The third-order valence-corrected chi connectivity index (χ3v) is 13.5. The molecule has 2 aliphatic carbocycles. The number of nitrogens with zero attached hydrogens (tertiary/aromatic N) is 1. The molecule has 0 aliphatic heterocycles. The highest BCUT2D eigenvalue weighted by Gasteiger charge is 2.39. The van der Waals surface area contributed by atoms with Crippen molar-refractivity contribution in [3.63, 3.8) is 0 Å². The van der Waals surface area contributed by atoms with Gasteiger partial charge in [-0.25, -0.2) is 0 Å². The molecule has 0 saturated carbocycles. The van der Waals surface area contributed by atoms with Crippen LogP contribution in [-0.4, -0.2) is 0 Å². The largest absolute Gasteiger partial charge is 0.309 e. The van der Waals surface area contributed by atoms with Crippen molar-refractivity contribution < 1.29 is 0 Å². The van der Waals surface area contributed by atoms with E-state index in [-0.39, 0.29) is 10.8 Å². The SMILES string of the molecule is CC1(C)c2ccccc2-c2cc(-c3ccccc3N(c3cccc(-c4ccccc4)c3-c3ccccc3-c3ccccc3)c3cccc4c3-c3ccccc3C4(C)C)ccc21. The summed E-state index contributed by atoms with van der Waals surface area (Å²) in [6.45, 7) is 9.47. The highest BCUT2D eigenvalue weighted by atomic mass is 15.2. The molecular weight excluding hydrogens is 735 g/mol. The number of fused-ring (bicyclic) bond motifs is 6. The van der Waals surface area contributed by atoms with Gasteiger partial charge in [0.2, 0.25) is 0 Å². The van der Waals surface area contributed by atoms with E-state index in [0.717, 1.165) is 11.4 Å². The summed E-state index contributed by atoms with van der Waals surface area (Å²) in [5.41, 5.74) is 23.4. The Morgan fingerprint density at radius 3 is 1.41 bits per heavy atom. The van der Waals surface area contributed by atoms with Crippen LogP contribution < -0.4 is 4.90 Å². The molecule has 0 saturated heterocycles. The van der Waals surface area contributed by atoms with E-state index in [9.17, 15) is 0 Å². The summed E-state index contributed by atoms with van der Waals surface area (Å²) < 4.78 is 0. The van der Waals surface area contributed by atoms with Crippen LogP contribution in [-0.2, 0) is 10.8 Å². The topological polar surface area (TPSA) is 3.24 Å². The molecule has 0 atom stereocenters. The highest BCUT2D eigenvalue weighted by Crippen LogP contribution is 2.57. The van der Waals surface area contributed by atoms with E-state index in [1.165, 1.54) is 94.7 Å². The van der Waals surface area contributed by atoms with Crippen LogP contribution in [0.15, 0.2) is 212 Å². The molecule has 0 fully saturated rings. The van der Waals surface area contributed by atoms with E-state index in [1.54, 1.807) is 0 Å². The lowest BCUT2D eigenvalue weighted by Crippen LogP contribution is -2.17. The normalized spacial score (nSPS) is 13.8. The third kappa shape index (κ3) is 5.76. The molecule has 9 aromatic rings. The molecule has 11 rings (SSSR count). The van der Waals surface area contributed by atoms with Crippen LogP contribution in [0.2, 0.25) is 0 Å². The van der Waals surface area contributed by atoms with Crippen LogP contribution in [0.4, 0.5) is 17.1 Å². The monoisotopic (exact) mass is 781 g/mol. The first-order valence-electron chi connectivity index (χ1n) is 21.5. The molecule has 0 aromatic heterocycles. The number of benzene rings is 9. The number of hydrogen-bond donors (Lipinski definition) is 0. The van der Waals surface area contributed by atoms with Gasteiger partial charge in [-0.15, -0.1) is 0 Å². The average molecular weight is 782 g/mol. The van der Waals surface area contributed by atoms with Gasteiger partial charge in [0.25, 0.3) is 0 Å². The number of rotatable bonds is 7. The second kappa shape index (κ2) is 14.2. The quantitative estimate of drug-likeness (QED) is 0.156. The summed E-state index contributed by atoms with van der Waals surface area (Å²) in [5.74, 6) is 0. The summed E-state index contributed by atoms with van der Waals surface area (Å²) in [7, 11) is 0. The minimum absolute atomic E-state index is 0.0697. The van der Waals surface area contributed by atoms with Gasteiger partial charge in [-0.05, 0) is 96.6 Å². The first-order valence-corrected chi connectivity index (χ1v) is 21.5. The molecule has 9 aromatic carbocycles. The Hall–Kier alpha value is -7.22. The van der Waals surface area contributed by atoms with Crippen LogP contribution in [0, 0.1) is 0 Å². The maximum absolute atomic E-state index is 2.58. The molecule has 0 heterocycles. The fourth-order valence-electron chi connectivity index (χ4n) is 10.5. The van der Waals surface area contributed by atoms with Crippen molar-refractivity contribution in [1.82, 2.24) is 0 Å². The fourth-order valence-corrected chi connectivity index (χ4v) is 10.5. The van der Waals surface area contributed by atoms with Gasteiger partial charge in [-0.2, -0.15) is 0 Å². The van der Waals surface area contributed by atoms with Crippen molar-refractivity contribution in [2.75, 3.05) is 4.90 Å². The van der Waals surface area contributed by atoms with E-state index in [1.807, 2.05) is 0 Å². The fraction of sp³-hybridized carbons (Fsp3) is 0.100. The standard InChI is InChI=1S/C60H47N/c1-59(2)50-31-16-13-27-46(50)49-39-42(37-38-52(49)59)44-26-15-18-34-54(44)61(56-36-20-33-53-58(56)48-29-14-17-32-51(48)60(53,3)4)55-35-19-30-45(41-23-9-6-10-24-41)57(55)47-28-12-11-25-43(47)40-21-7-5-8-22-40/h5-39H,1-4H3. The van der Waals surface area contributed by atoms with Crippen LogP contribution in [0.1, 0.15) is 49.9 Å². The summed E-state index contributed by atoms with van der Waals surface area (Å²) >= 11 is 0. The van der Waals surface area contributed by atoms with Crippen molar-refractivity contribution in [1.29, 1.82) is 0 Å². The molecule has 0 bridgehead atoms. The zero-order valence-electron chi connectivity index (χ0n) is 35.2. The van der Waals surface area contributed by atoms with Gasteiger partial charge < -0.3 is 4.90 Å².